The van der Waals surface area contributed by atoms with Crippen molar-refractivity contribution in [3.05, 3.63) is 47.0 Å². The fourth-order valence-electron chi connectivity index (χ4n) is 4.79. The zero-order valence-corrected chi connectivity index (χ0v) is 21.2. The Morgan fingerprint density at radius 3 is 2.11 bits per heavy atom. The van der Waals surface area contributed by atoms with Crippen LogP contribution >= 0.6 is 11.8 Å². The van der Waals surface area contributed by atoms with Crippen molar-refractivity contribution in [1.82, 2.24) is 4.90 Å². The summed E-state index contributed by atoms with van der Waals surface area (Å²) in [6.45, 7) is 8.46. The van der Waals surface area contributed by atoms with Gasteiger partial charge in [0.1, 0.15) is 11.5 Å². The number of hydrogen-bond acceptors (Lipinski definition) is 5. The van der Waals surface area contributed by atoms with Crippen LogP contribution in [0.1, 0.15) is 57.2 Å². The molecule has 5 nitrogen and oxygen atoms in total. The highest BCUT2D eigenvalue weighted by Crippen LogP contribution is 2.50. The quantitative estimate of drug-likeness (QED) is 0.445. The van der Waals surface area contributed by atoms with Gasteiger partial charge >= 0.3 is 6.36 Å². The van der Waals surface area contributed by atoms with Gasteiger partial charge in [0, 0.05) is 11.1 Å². The maximum absolute atomic E-state index is 13.4. The third-order valence-electron chi connectivity index (χ3n) is 6.92. The highest BCUT2D eigenvalue weighted by molar-refractivity contribution is 8.14. The number of hydrogen-bond donors (Lipinski definition) is 0. The smallest absolute Gasteiger partial charge is 0.496 e. The number of rotatable bonds is 5. The van der Waals surface area contributed by atoms with Crippen molar-refractivity contribution in [2.45, 2.75) is 64.3 Å². The molecule has 4 rings (SSSR count). The second-order valence-electron chi connectivity index (χ2n) is 10.3. The predicted octanol–water partition coefficient (Wildman–Crippen LogP) is 6.81. The zero-order chi connectivity index (χ0) is 25.8. The van der Waals surface area contributed by atoms with Gasteiger partial charge in [0.2, 0.25) is 5.91 Å². The van der Waals surface area contributed by atoms with Crippen LogP contribution in [-0.2, 0) is 22.2 Å². The standard InChI is InChI=1S/C26H28F3NO4S/c1-24(2)8-9-25(3,4)19-12-20(33-5)17(11-18(19)24)16-7-6-15(10-21(16)34-26(27,28)29)13-30-22(31)14-35-23(30)32/h6-7,10-12H,8-9,13-14H2,1-5H3. The summed E-state index contributed by atoms with van der Waals surface area (Å²) in [5.74, 6) is -0.298. The minimum Gasteiger partial charge on any atom is -0.496 e. The van der Waals surface area contributed by atoms with E-state index in [-0.39, 0.29) is 34.6 Å². The number of fused-ring (bicyclic) bond motifs is 1. The molecule has 35 heavy (non-hydrogen) atoms. The first kappa shape index (κ1) is 25.4. The molecular formula is C26H28F3NO4S. The highest BCUT2D eigenvalue weighted by atomic mass is 32.2. The van der Waals surface area contributed by atoms with E-state index in [1.807, 2.05) is 12.1 Å². The number of imide groups is 1. The first-order valence-corrected chi connectivity index (χ1v) is 12.3. The number of carbonyl (C=O) groups excluding carboxylic acids is 2. The van der Waals surface area contributed by atoms with E-state index in [4.69, 9.17) is 4.74 Å². The molecule has 1 aliphatic carbocycles. The number of benzene rings is 2. The minimum atomic E-state index is -4.93. The molecule has 2 aromatic carbocycles. The molecule has 1 saturated heterocycles. The Kier molecular flexibility index (Phi) is 6.36. The molecule has 0 atom stereocenters. The molecule has 188 valence electrons. The lowest BCUT2D eigenvalue weighted by Crippen LogP contribution is -2.33. The van der Waals surface area contributed by atoms with Gasteiger partial charge in [-0.2, -0.15) is 0 Å². The van der Waals surface area contributed by atoms with E-state index >= 15 is 0 Å². The Morgan fingerprint density at radius 1 is 0.943 bits per heavy atom. The van der Waals surface area contributed by atoms with Crippen LogP contribution in [0, 0.1) is 0 Å². The van der Waals surface area contributed by atoms with Gasteiger partial charge in [-0.1, -0.05) is 51.6 Å². The van der Waals surface area contributed by atoms with Crippen molar-refractivity contribution in [1.29, 1.82) is 0 Å². The van der Waals surface area contributed by atoms with Gasteiger partial charge in [0.05, 0.1) is 19.4 Å². The maximum atomic E-state index is 13.4. The monoisotopic (exact) mass is 507 g/mol. The molecule has 0 unspecified atom stereocenters. The molecule has 1 aliphatic heterocycles. The van der Waals surface area contributed by atoms with Crippen molar-refractivity contribution in [3.63, 3.8) is 0 Å². The number of nitrogens with zero attached hydrogens (tertiary/aromatic N) is 1. The van der Waals surface area contributed by atoms with Crippen molar-refractivity contribution >= 4 is 22.9 Å². The highest BCUT2D eigenvalue weighted by Gasteiger charge is 2.39. The SMILES string of the molecule is COc1cc2c(cc1-c1ccc(CN3C(=O)CSC3=O)cc1OC(F)(F)F)C(C)(C)CCC2(C)C. The van der Waals surface area contributed by atoms with Gasteiger partial charge in [0.25, 0.3) is 5.24 Å². The third-order valence-corrected chi connectivity index (χ3v) is 7.77. The third kappa shape index (κ3) is 5.01. The number of methoxy groups -OCH3 is 1. The summed E-state index contributed by atoms with van der Waals surface area (Å²) in [5, 5.41) is -0.418. The average Bonchev–Trinajstić information content (AvgIpc) is 3.07. The fraction of sp³-hybridized carbons (Fsp3) is 0.462. The number of thioether (sulfide) groups is 1. The number of carbonyl (C=O) groups is 2. The summed E-state index contributed by atoms with van der Waals surface area (Å²) in [7, 11) is 1.49. The molecule has 1 heterocycles. The van der Waals surface area contributed by atoms with Crippen LogP contribution in [0.2, 0.25) is 0 Å². The Bertz CT molecular complexity index is 1170. The van der Waals surface area contributed by atoms with Crippen molar-refractivity contribution in [2.75, 3.05) is 12.9 Å². The summed E-state index contributed by atoms with van der Waals surface area (Å²) in [6, 6.07) is 8.21. The number of halogens is 3. The number of amides is 2. The maximum Gasteiger partial charge on any atom is 0.573 e. The van der Waals surface area contributed by atoms with E-state index in [1.165, 1.54) is 19.2 Å². The first-order chi connectivity index (χ1) is 16.2. The van der Waals surface area contributed by atoms with Crippen molar-refractivity contribution in [2.24, 2.45) is 0 Å². The van der Waals surface area contributed by atoms with Crippen LogP contribution in [0.15, 0.2) is 30.3 Å². The van der Waals surface area contributed by atoms with E-state index in [0.717, 1.165) is 40.6 Å². The molecule has 0 N–H and O–H groups in total. The van der Waals surface area contributed by atoms with Gasteiger partial charge in [-0.3, -0.25) is 14.5 Å². The van der Waals surface area contributed by atoms with Crippen LogP contribution in [0.5, 0.6) is 11.5 Å². The summed E-state index contributed by atoms with van der Waals surface area (Å²) < 4.78 is 50.3. The first-order valence-electron chi connectivity index (χ1n) is 11.3. The lowest BCUT2D eigenvalue weighted by molar-refractivity contribution is -0.274. The molecule has 0 spiro atoms. The molecule has 0 radical (unpaired) electrons. The van der Waals surface area contributed by atoms with E-state index in [9.17, 15) is 22.8 Å². The second kappa shape index (κ2) is 8.76. The summed E-state index contributed by atoms with van der Waals surface area (Å²) in [5.41, 5.74) is 2.99. The molecule has 2 amide bonds. The Labute approximate surface area is 207 Å². The molecular weight excluding hydrogens is 479 g/mol. The predicted molar refractivity (Wildman–Crippen MR) is 129 cm³/mol. The molecule has 0 saturated carbocycles. The normalized spacial score (nSPS) is 19.0. The summed E-state index contributed by atoms with van der Waals surface area (Å²) in [6.07, 6.45) is -3.00. The van der Waals surface area contributed by atoms with Gasteiger partial charge in [0.15, 0.2) is 0 Å². The summed E-state index contributed by atoms with van der Waals surface area (Å²) in [4.78, 5) is 25.0. The van der Waals surface area contributed by atoms with Crippen LogP contribution < -0.4 is 9.47 Å². The topological polar surface area (TPSA) is 55.8 Å². The van der Waals surface area contributed by atoms with Gasteiger partial charge in [-0.25, -0.2) is 0 Å². The molecule has 2 aromatic rings. The minimum absolute atomic E-state index is 0.0291. The number of ether oxygens (including phenoxy) is 2. The molecule has 0 bridgehead atoms. The zero-order valence-electron chi connectivity index (χ0n) is 20.3. The van der Waals surface area contributed by atoms with Gasteiger partial charge < -0.3 is 9.47 Å². The summed E-state index contributed by atoms with van der Waals surface area (Å²) >= 11 is 0.874. The lowest BCUT2D eigenvalue weighted by atomic mass is 9.62. The van der Waals surface area contributed by atoms with Crippen LogP contribution in [-0.4, -0.2) is 35.3 Å². The van der Waals surface area contributed by atoms with Crippen LogP contribution in [0.3, 0.4) is 0 Å². The van der Waals surface area contributed by atoms with Crippen molar-refractivity contribution < 1.29 is 32.2 Å². The van der Waals surface area contributed by atoms with E-state index in [2.05, 4.69) is 32.4 Å². The number of alkyl halides is 3. The average molecular weight is 508 g/mol. The van der Waals surface area contributed by atoms with Gasteiger partial charge in [-0.15, -0.1) is 13.2 Å². The van der Waals surface area contributed by atoms with E-state index in [0.29, 0.717) is 16.9 Å². The molecule has 2 aliphatic rings. The fourth-order valence-corrected chi connectivity index (χ4v) is 5.51. The Balaban J connectivity index is 1.85. The Hall–Kier alpha value is -2.68. The van der Waals surface area contributed by atoms with Crippen LogP contribution in [0.4, 0.5) is 18.0 Å². The van der Waals surface area contributed by atoms with Crippen molar-refractivity contribution in [3.8, 4) is 22.6 Å². The van der Waals surface area contributed by atoms with Gasteiger partial charge in [-0.05, 0) is 58.6 Å². The second-order valence-corrected chi connectivity index (χ2v) is 11.2. The molecule has 1 fully saturated rings. The molecule has 0 aromatic heterocycles. The van der Waals surface area contributed by atoms with E-state index in [1.54, 1.807) is 6.07 Å². The largest absolute Gasteiger partial charge is 0.573 e. The lowest BCUT2D eigenvalue weighted by Gasteiger charge is -2.42. The molecule has 9 heteroatoms. The Morgan fingerprint density at radius 2 is 1.57 bits per heavy atom. The van der Waals surface area contributed by atoms with E-state index < -0.39 is 17.4 Å². The van der Waals surface area contributed by atoms with Crippen LogP contribution in [0.25, 0.3) is 11.1 Å².